The summed E-state index contributed by atoms with van der Waals surface area (Å²) in [6.45, 7) is 25.8. The first-order chi connectivity index (χ1) is 36.9. The van der Waals surface area contributed by atoms with E-state index < -0.39 is 0 Å². The average Bonchev–Trinajstić information content (AvgIpc) is 3.41. The maximum atomic E-state index is 14.1. The molecule has 0 aliphatic rings. The van der Waals surface area contributed by atoms with E-state index in [2.05, 4.69) is 147 Å². The predicted octanol–water partition coefficient (Wildman–Crippen LogP) is 22.0. The number of rotatable bonds is 26. The molecule has 0 bridgehead atoms. The third-order valence-electron chi connectivity index (χ3n) is 13.8. The normalized spacial score (nSPS) is 10.8. The first-order valence-electron chi connectivity index (χ1n) is 30.1. The van der Waals surface area contributed by atoms with E-state index in [1.165, 1.54) is 87.1 Å². The fourth-order valence-corrected chi connectivity index (χ4v) is 10.8. The Labute approximate surface area is 467 Å². The minimum atomic E-state index is -0.314. The summed E-state index contributed by atoms with van der Waals surface area (Å²) in [7, 11) is 0. The second-order valence-corrected chi connectivity index (χ2v) is 21.1. The zero-order valence-corrected chi connectivity index (χ0v) is 50.3. The lowest BCUT2D eigenvalue weighted by Gasteiger charge is -2.22. The maximum Gasteiger partial charge on any atom is 0.132 e. The number of aryl methyl sites for hydroxylation is 10. The van der Waals surface area contributed by atoms with Gasteiger partial charge in [-0.15, -0.1) is 0 Å². The van der Waals surface area contributed by atoms with E-state index >= 15 is 0 Å². The van der Waals surface area contributed by atoms with Crippen LogP contribution in [0.15, 0.2) is 91.0 Å². The molecular weight excluding hydrogens is 959 g/mol. The highest BCUT2D eigenvalue weighted by Gasteiger charge is 2.21. The van der Waals surface area contributed by atoms with Crippen molar-refractivity contribution in [3.05, 3.63) is 180 Å². The Morgan fingerprint density at radius 1 is 0.316 bits per heavy atom. The SMILES string of the molecule is CCCc1cc(CCC)c(Cl)c(CCC)c1.CCCc1cc(CCC)c(F)c(CCC)c1.CCCc1cc(CCC)c(F)c(CCC)c1F.CCCc1nc(CCC)c(-c2ccccc2)c(CCC)c1-c1ccccc1. The van der Waals surface area contributed by atoms with Crippen LogP contribution in [0.4, 0.5) is 13.2 Å². The van der Waals surface area contributed by atoms with Gasteiger partial charge in [-0.25, -0.2) is 13.2 Å². The lowest BCUT2D eigenvalue weighted by Crippen LogP contribution is -2.08. The molecule has 0 aliphatic carbocycles. The Morgan fingerprint density at radius 3 is 0.934 bits per heavy atom. The lowest BCUT2D eigenvalue weighted by molar-refractivity contribution is 0.531. The third-order valence-corrected chi connectivity index (χ3v) is 14.2. The summed E-state index contributed by atoms with van der Waals surface area (Å²) in [5, 5.41) is 1.02. The van der Waals surface area contributed by atoms with Crippen molar-refractivity contribution in [2.24, 2.45) is 0 Å². The zero-order valence-electron chi connectivity index (χ0n) is 49.6. The van der Waals surface area contributed by atoms with Crippen LogP contribution >= 0.6 is 11.6 Å². The molecule has 1 heterocycles. The number of hydrogen-bond acceptors (Lipinski definition) is 1. The minimum Gasteiger partial charge on any atom is -0.257 e. The van der Waals surface area contributed by atoms with Crippen LogP contribution in [0.1, 0.15) is 227 Å². The number of hydrogen-bond donors (Lipinski definition) is 0. The summed E-state index contributed by atoms with van der Waals surface area (Å²) in [4.78, 5) is 5.25. The maximum absolute atomic E-state index is 14.1. The Hall–Kier alpha value is -4.67. The molecule has 416 valence electrons. The molecule has 1 nitrogen and oxygen atoms in total. The molecule has 1 aromatic heterocycles. The summed E-state index contributed by atoms with van der Waals surface area (Å²) in [6.07, 6.45) is 23.8. The van der Waals surface area contributed by atoms with Crippen molar-refractivity contribution in [2.45, 2.75) is 237 Å². The van der Waals surface area contributed by atoms with E-state index in [-0.39, 0.29) is 17.5 Å². The number of nitrogens with zero attached hydrogens (tertiary/aromatic N) is 1. The fraction of sp³-hybridized carbons (Fsp3) is 0.507. The lowest BCUT2D eigenvalue weighted by atomic mass is 9.86. The standard InChI is InChI=1S/C26H31N.C15H23Cl.C15H22F2.C15H23F/c1-4-13-22-25(20-16-9-7-10-17-20)23(14-5-2)27-24(15-6-3)26(22)21-18-11-8-12-19-21;1-4-7-12-10-13(8-5-2)15(16)14(11-12)9-6-3;1-4-7-11-10-12(8-5-2)15(17)13(9-6-3)14(11)16;1-4-7-12-10-13(8-5-2)15(16)14(11-12)9-6-3/h7-12,16-19H,4-6,13-15H2,1-3H3;10-11H,4-9H2,1-3H3;10H,4-9H2,1-3H3;10-11H,4-9H2,1-3H3. The van der Waals surface area contributed by atoms with E-state index in [4.69, 9.17) is 16.6 Å². The minimum absolute atomic E-state index is 0.0450. The predicted molar refractivity (Wildman–Crippen MR) is 327 cm³/mol. The van der Waals surface area contributed by atoms with Crippen molar-refractivity contribution >= 4 is 11.6 Å². The molecule has 0 saturated carbocycles. The smallest absolute Gasteiger partial charge is 0.132 e. The van der Waals surface area contributed by atoms with Gasteiger partial charge < -0.3 is 0 Å². The molecule has 0 aliphatic heterocycles. The van der Waals surface area contributed by atoms with Gasteiger partial charge in [0.15, 0.2) is 0 Å². The van der Waals surface area contributed by atoms with Crippen molar-refractivity contribution in [3.8, 4) is 22.3 Å². The van der Waals surface area contributed by atoms with Crippen molar-refractivity contribution in [2.75, 3.05) is 0 Å². The van der Waals surface area contributed by atoms with Crippen molar-refractivity contribution < 1.29 is 13.2 Å². The highest BCUT2D eigenvalue weighted by molar-refractivity contribution is 6.32. The number of pyridine rings is 1. The summed E-state index contributed by atoms with van der Waals surface area (Å²) < 4.78 is 42.2. The van der Waals surface area contributed by atoms with E-state index in [0.29, 0.717) is 36.0 Å². The van der Waals surface area contributed by atoms with Crippen LogP contribution < -0.4 is 0 Å². The number of benzene rings is 5. The van der Waals surface area contributed by atoms with Gasteiger partial charge in [0, 0.05) is 33.1 Å². The Balaban J connectivity index is 0.000000276. The van der Waals surface area contributed by atoms with Crippen molar-refractivity contribution in [1.82, 2.24) is 4.98 Å². The summed E-state index contributed by atoms with van der Waals surface area (Å²) in [5.41, 5.74) is 18.3. The monoisotopic (exact) mass is 1060 g/mol. The van der Waals surface area contributed by atoms with Crippen molar-refractivity contribution in [1.29, 1.82) is 0 Å². The molecule has 0 fully saturated rings. The molecule has 0 radical (unpaired) electrons. The Kier molecular flexibility index (Phi) is 32.1. The van der Waals surface area contributed by atoms with Crippen LogP contribution in [0, 0.1) is 17.5 Å². The number of halogens is 4. The number of aromatic nitrogens is 1. The molecule has 5 heteroatoms. The highest BCUT2D eigenvalue weighted by atomic mass is 35.5. The molecule has 0 saturated heterocycles. The molecule has 5 aromatic carbocycles. The second-order valence-electron chi connectivity index (χ2n) is 20.7. The third kappa shape index (κ3) is 20.0. The Bertz CT molecular complexity index is 2340. The van der Waals surface area contributed by atoms with Gasteiger partial charge >= 0.3 is 0 Å². The van der Waals surface area contributed by atoms with Gasteiger partial charge in [0.25, 0.3) is 0 Å². The van der Waals surface area contributed by atoms with Crippen molar-refractivity contribution in [3.63, 3.8) is 0 Å². The first-order valence-corrected chi connectivity index (χ1v) is 30.5. The Morgan fingerprint density at radius 2 is 0.605 bits per heavy atom. The van der Waals surface area contributed by atoms with Crippen LogP contribution in [0.2, 0.25) is 5.02 Å². The van der Waals surface area contributed by atoms with E-state index in [1.54, 1.807) is 6.07 Å². The molecule has 0 unspecified atom stereocenters. The molecule has 0 spiro atoms. The zero-order chi connectivity index (χ0) is 55.8. The van der Waals surface area contributed by atoms with Gasteiger partial charge in [-0.05, 0) is 144 Å². The molecule has 0 N–H and O–H groups in total. The quantitative estimate of drug-likeness (QED) is 0.0528. The first kappa shape index (κ1) is 65.6. The fourth-order valence-electron chi connectivity index (χ4n) is 10.5. The van der Waals surface area contributed by atoms with Gasteiger partial charge in [-0.1, -0.05) is 257 Å². The second kappa shape index (κ2) is 37.2. The summed E-state index contributed by atoms with van der Waals surface area (Å²) in [5.74, 6) is -0.583. The van der Waals surface area contributed by atoms with Crippen LogP contribution in [0.5, 0.6) is 0 Å². The van der Waals surface area contributed by atoms with Crippen LogP contribution in [0.3, 0.4) is 0 Å². The van der Waals surface area contributed by atoms with Gasteiger partial charge in [-0.3, -0.25) is 4.98 Å². The molecule has 0 amide bonds. The van der Waals surface area contributed by atoms with Crippen LogP contribution in [0.25, 0.3) is 22.3 Å². The van der Waals surface area contributed by atoms with E-state index in [9.17, 15) is 13.2 Å². The average molecular weight is 1060 g/mol. The van der Waals surface area contributed by atoms with E-state index in [0.717, 1.165) is 125 Å². The van der Waals surface area contributed by atoms with Gasteiger partial charge in [-0.2, -0.15) is 0 Å². The van der Waals surface area contributed by atoms with Crippen LogP contribution in [-0.2, 0) is 77.0 Å². The molecule has 6 aromatic rings. The van der Waals surface area contributed by atoms with Gasteiger partial charge in [0.2, 0.25) is 0 Å². The van der Waals surface area contributed by atoms with Gasteiger partial charge in [0.1, 0.15) is 17.5 Å². The molecule has 6 rings (SSSR count). The molecule has 76 heavy (non-hydrogen) atoms. The summed E-state index contributed by atoms with van der Waals surface area (Å²) >= 11 is 6.44. The van der Waals surface area contributed by atoms with Crippen LogP contribution in [-0.4, -0.2) is 4.98 Å². The molecule has 0 atom stereocenters. The van der Waals surface area contributed by atoms with Gasteiger partial charge in [0.05, 0.1) is 0 Å². The largest absolute Gasteiger partial charge is 0.257 e. The highest BCUT2D eigenvalue weighted by Crippen LogP contribution is 2.38. The summed E-state index contributed by atoms with van der Waals surface area (Å²) in [6, 6.07) is 32.2. The van der Waals surface area contributed by atoms with E-state index in [1.807, 2.05) is 20.8 Å². The molecular formula is C71H99ClF3N. The topological polar surface area (TPSA) is 12.9 Å².